The third-order valence-electron chi connectivity index (χ3n) is 11.0. The zero-order chi connectivity index (χ0) is 42.6. The lowest BCUT2D eigenvalue weighted by molar-refractivity contribution is -0.163. The first kappa shape index (κ1) is 46.4. The smallest absolute Gasteiger partial charge is 0.328 e. The minimum atomic E-state index is -1.08. The molecule has 0 bridgehead atoms. The molecule has 11 nitrogen and oxygen atoms in total. The summed E-state index contributed by atoms with van der Waals surface area (Å²) in [6, 6.07) is 19.2. The van der Waals surface area contributed by atoms with Gasteiger partial charge in [0.2, 0.25) is 11.8 Å². The van der Waals surface area contributed by atoms with Crippen LogP contribution in [0.5, 0.6) is 5.75 Å². The van der Waals surface area contributed by atoms with Gasteiger partial charge in [0, 0.05) is 45.2 Å². The summed E-state index contributed by atoms with van der Waals surface area (Å²) in [5, 5.41) is 9.95. The van der Waals surface area contributed by atoms with E-state index in [0.29, 0.717) is 18.4 Å². The van der Waals surface area contributed by atoms with Crippen molar-refractivity contribution in [2.24, 2.45) is 17.8 Å². The molecule has 11 heteroatoms. The maximum atomic E-state index is 14.6. The lowest BCUT2D eigenvalue weighted by atomic mass is 9.85. The van der Waals surface area contributed by atoms with Crippen molar-refractivity contribution in [2.45, 2.75) is 97.9 Å². The van der Waals surface area contributed by atoms with Crippen molar-refractivity contribution in [1.29, 1.82) is 0 Å². The second-order valence-electron chi connectivity index (χ2n) is 15.9. The lowest BCUT2D eigenvalue weighted by Gasteiger charge is -2.36. The number of esters is 2. The summed E-state index contributed by atoms with van der Waals surface area (Å²) in [7, 11) is 7.92. The van der Waals surface area contributed by atoms with E-state index in [0.717, 1.165) is 22.3 Å². The summed E-state index contributed by atoms with van der Waals surface area (Å²) >= 11 is 0. The van der Waals surface area contributed by atoms with Gasteiger partial charge in [0.15, 0.2) is 11.9 Å². The summed E-state index contributed by atoms with van der Waals surface area (Å²) in [5.41, 5.74) is 4.63. The predicted octanol–water partition coefficient (Wildman–Crippen LogP) is 5.98. The van der Waals surface area contributed by atoms with Gasteiger partial charge >= 0.3 is 11.9 Å². The number of ether oxygens (including phenoxy) is 2. The molecule has 310 valence electrons. The number of methoxy groups -OCH3 is 1. The van der Waals surface area contributed by atoms with Crippen molar-refractivity contribution in [2.75, 3.05) is 35.3 Å². The summed E-state index contributed by atoms with van der Waals surface area (Å²) in [4.78, 5) is 74.7. The van der Waals surface area contributed by atoms with Gasteiger partial charge in [-0.15, -0.1) is 0 Å². The number of hydrogen-bond donors (Lipinski definition) is 1. The third kappa shape index (κ3) is 13.0. The van der Waals surface area contributed by atoms with Crippen LogP contribution in [-0.4, -0.2) is 109 Å². The SMILES string of the molecule is CC[C@@H](C)[C@@H](OC(=O)[C@H](Cc1ccc(C)cc1)N(C)C)C(=O)C[C@H](C(=O)N(C)[C@@H](Cc1ccc(O)cc1)C(=O)N(C)[C@@H](Cc1ccc(C)cc1)C(=O)OC)C(C)C. The third-order valence-corrected chi connectivity index (χ3v) is 11.0. The molecule has 0 fully saturated rings. The van der Waals surface area contributed by atoms with Gasteiger partial charge in [0.1, 0.15) is 23.9 Å². The molecule has 6 atom stereocenters. The number of benzene rings is 3. The number of phenolic OH excluding ortho intramolecular Hbond substituents is 1. The van der Waals surface area contributed by atoms with Gasteiger partial charge in [0.25, 0.3) is 0 Å². The zero-order valence-electron chi connectivity index (χ0n) is 35.7. The number of hydrogen-bond acceptors (Lipinski definition) is 9. The molecular formula is C46H63N3O8. The Morgan fingerprint density at radius 3 is 1.51 bits per heavy atom. The minimum absolute atomic E-state index is 0.0500. The molecule has 0 unspecified atom stereocenters. The highest BCUT2D eigenvalue weighted by Gasteiger charge is 2.40. The van der Waals surface area contributed by atoms with Crippen LogP contribution in [0.1, 0.15) is 68.4 Å². The van der Waals surface area contributed by atoms with Crippen molar-refractivity contribution in [3.05, 3.63) is 101 Å². The standard InChI is InChI=1S/C46H63N3O8/c1-12-32(6)42(57-46(55)39(47(7)8)26-33-17-13-30(4)14-18-33)41(51)28-37(29(2)3)43(52)48(9)38(25-35-21-23-36(50)24-22-35)44(53)49(10)40(45(54)56-11)27-34-19-15-31(5)16-20-34/h13-24,29,32,37-40,42,50H,12,25-28H2,1-11H3/t32-,37+,38+,39+,40+,42-/m1/s1. The van der Waals surface area contributed by atoms with Crippen LogP contribution in [0.2, 0.25) is 0 Å². The van der Waals surface area contributed by atoms with E-state index < -0.39 is 53.9 Å². The van der Waals surface area contributed by atoms with Crippen LogP contribution < -0.4 is 0 Å². The molecule has 0 saturated heterocycles. The number of phenols is 1. The molecule has 0 saturated carbocycles. The van der Waals surface area contributed by atoms with Crippen LogP contribution in [0.4, 0.5) is 0 Å². The Labute approximate surface area is 339 Å². The molecule has 3 aromatic rings. The number of aryl methyl sites for hydroxylation is 2. The Morgan fingerprint density at radius 1 is 0.632 bits per heavy atom. The van der Waals surface area contributed by atoms with Gasteiger partial charge in [-0.2, -0.15) is 0 Å². The second kappa shape index (κ2) is 21.5. The highest BCUT2D eigenvalue weighted by molar-refractivity contribution is 5.94. The van der Waals surface area contributed by atoms with Gasteiger partial charge in [-0.05, 0) is 75.5 Å². The van der Waals surface area contributed by atoms with Crippen LogP contribution in [0.15, 0.2) is 72.8 Å². The van der Waals surface area contributed by atoms with Crippen molar-refractivity contribution < 1.29 is 38.6 Å². The molecule has 57 heavy (non-hydrogen) atoms. The molecule has 0 radical (unpaired) electrons. The van der Waals surface area contributed by atoms with E-state index >= 15 is 0 Å². The molecule has 1 N–H and O–H groups in total. The largest absolute Gasteiger partial charge is 0.508 e. The summed E-state index contributed by atoms with van der Waals surface area (Å²) in [5.74, 6) is -3.85. The number of Topliss-reactive ketones (excluding diaryl/α,β-unsaturated/α-hetero) is 1. The average molecular weight is 786 g/mol. The van der Waals surface area contributed by atoms with E-state index in [2.05, 4.69) is 0 Å². The number of carbonyl (C=O) groups is 5. The van der Waals surface area contributed by atoms with Crippen LogP contribution in [-0.2, 0) is 52.7 Å². The summed E-state index contributed by atoms with van der Waals surface area (Å²) < 4.78 is 11.2. The van der Waals surface area contributed by atoms with E-state index in [9.17, 15) is 29.1 Å². The molecule has 0 aliphatic carbocycles. The van der Waals surface area contributed by atoms with Crippen molar-refractivity contribution in [1.82, 2.24) is 14.7 Å². The van der Waals surface area contributed by atoms with E-state index in [1.807, 2.05) is 90.1 Å². The Balaban J connectivity index is 1.93. The van der Waals surface area contributed by atoms with Crippen molar-refractivity contribution >= 4 is 29.5 Å². The molecule has 0 spiro atoms. The molecule has 0 aromatic heterocycles. The Morgan fingerprint density at radius 2 is 1.07 bits per heavy atom. The number of likely N-dealkylation sites (N-methyl/N-ethyl adjacent to an activating group) is 3. The van der Waals surface area contributed by atoms with Crippen LogP contribution in [0.25, 0.3) is 0 Å². The van der Waals surface area contributed by atoms with Crippen LogP contribution in [0.3, 0.4) is 0 Å². The van der Waals surface area contributed by atoms with Gasteiger partial charge in [0.05, 0.1) is 7.11 Å². The van der Waals surface area contributed by atoms with Crippen LogP contribution in [0, 0.1) is 31.6 Å². The first-order valence-electron chi connectivity index (χ1n) is 19.8. The number of ketones is 1. The summed E-state index contributed by atoms with van der Waals surface area (Å²) in [6.07, 6.45) is -0.0562. The maximum absolute atomic E-state index is 14.6. The number of nitrogens with zero attached hydrogens (tertiary/aromatic N) is 3. The van der Waals surface area contributed by atoms with Gasteiger partial charge in [-0.1, -0.05) is 99.5 Å². The fourth-order valence-corrected chi connectivity index (χ4v) is 6.79. The number of amides is 2. The zero-order valence-corrected chi connectivity index (χ0v) is 35.7. The molecule has 0 aliphatic rings. The predicted molar refractivity (Wildman–Crippen MR) is 221 cm³/mol. The molecule has 3 rings (SSSR count). The highest BCUT2D eigenvalue weighted by atomic mass is 16.5. The summed E-state index contributed by atoms with van der Waals surface area (Å²) in [6.45, 7) is 11.4. The normalized spacial score (nSPS) is 14.5. The fourth-order valence-electron chi connectivity index (χ4n) is 6.79. The van der Waals surface area contributed by atoms with E-state index in [-0.39, 0.29) is 42.6 Å². The number of carbonyl (C=O) groups excluding carboxylic acids is 5. The second-order valence-corrected chi connectivity index (χ2v) is 15.9. The highest BCUT2D eigenvalue weighted by Crippen LogP contribution is 2.26. The molecule has 0 heterocycles. The molecule has 3 aromatic carbocycles. The van der Waals surface area contributed by atoms with Crippen molar-refractivity contribution in [3.8, 4) is 5.75 Å². The number of aromatic hydroxyl groups is 1. The topological polar surface area (TPSA) is 134 Å². The van der Waals surface area contributed by atoms with E-state index in [1.165, 1.54) is 43.1 Å². The van der Waals surface area contributed by atoms with Gasteiger partial charge < -0.3 is 24.4 Å². The van der Waals surface area contributed by atoms with Crippen molar-refractivity contribution in [3.63, 3.8) is 0 Å². The molecule has 2 amide bonds. The number of rotatable bonds is 20. The Kier molecular flexibility index (Phi) is 17.5. The first-order valence-corrected chi connectivity index (χ1v) is 19.8. The van der Waals surface area contributed by atoms with Crippen LogP contribution >= 0.6 is 0 Å². The van der Waals surface area contributed by atoms with Gasteiger partial charge in [-0.3, -0.25) is 24.1 Å². The quantitative estimate of drug-likeness (QED) is 0.137. The maximum Gasteiger partial charge on any atom is 0.328 e. The Bertz CT molecular complexity index is 1790. The average Bonchev–Trinajstić information content (AvgIpc) is 3.19. The Hall–Kier alpha value is -5.03. The minimum Gasteiger partial charge on any atom is -0.508 e. The monoisotopic (exact) mass is 785 g/mol. The van der Waals surface area contributed by atoms with E-state index in [1.54, 1.807) is 31.1 Å². The van der Waals surface area contributed by atoms with Gasteiger partial charge in [-0.25, -0.2) is 4.79 Å². The molecular weight excluding hydrogens is 723 g/mol. The lowest BCUT2D eigenvalue weighted by Crippen LogP contribution is -2.55. The fraction of sp³-hybridized carbons (Fsp3) is 0.500. The van der Waals surface area contributed by atoms with E-state index in [4.69, 9.17) is 9.47 Å². The molecule has 0 aliphatic heterocycles. The first-order chi connectivity index (χ1) is 26.9.